The fraction of sp³-hybridized carbons (Fsp3) is 0.250. The fourth-order valence-corrected chi connectivity index (χ4v) is 2.10. The van der Waals surface area contributed by atoms with Gasteiger partial charge in [-0.05, 0) is 19.1 Å². The van der Waals surface area contributed by atoms with E-state index in [1.807, 2.05) is 12.3 Å². The van der Waals surface area contributed by atoms with Gasteiger partial charge in [-0.25, -0.2) is 4.98 Å². The highest BCUT2D eigenvalue weighted by Crippen LogP contribution is 2.26. The van der Waals surface area contributed by atoms with Crippen molar-refractivity contribution >= 4 is 17.0 Å². The molecule has 0 saturated heterocycles. The van der Waals surface area contributed by atoms with Crippen LogP contribution in [-0.2, 0) is 6.54 Å². The standard InChI is InChI=1S/C12H12F2N2OS/c1-8-16-9(7-18-8)6-15-10-4-2-3-5-11(10)17-12(13)14/h2-5,7,12,15H,6H2,1H3. The number of thiazole rings is 1. The smallest absolute Gasteiger partial charge is 0.387 e. The van der Waals surface area contributed by atoms with E-state index >= 15 is 0 Å². The van der Waals surface area contributed by atoms with Gasteiger partial charge in [0.15, 0.2) is 0 Å². The van der Waals surface area contributed by atoms with Crippen LogP contribution in [0.3, 0.4) is 0 Å². The van der Waals surface area contributed by atoms with Crippen LogP contribution in [0.5, 0.6) is 5.75 Å². The first-order valence-electron chi connectivity index (χ1n) is 5.34. The summed E-state index contributed by atoms with van der Waals surface area (Å²) in [5.74, 6) is 0.138. The van der Waals surface area contributed by atoms with Crippen molar-refractivity contribution in [3.63, 3.8) is 0 Å². The van der Waals surface area contributed by atoms with E-state index in [-0.39, 0.29) is 5.75 Å². The van der Waals surface area contributed by atoms with Gasteiger partial charge in [0.1, 0.15) is 5.75 Å². The van der Waals surface area contributed by atoms with Crippen LogP contribution in [0.15, 0.2) is 29.6 Å². The van der Waals surface area contributed by atoms with Crippen LogP contribution >= 0.6 is 11.3 Å². The molecule has 18 heavy (non-hydrogen) atoms. The van der Waals surface area contributed by atoms with Crippen LogP contribution in [0, 0.1) is 6.92 Å². The molecular weight excluding hydrogens is 258 g/mol. The minimum absolute atomic E-state index is 0.138. The van der Waals surface area contributed by atoms with E-state index in [9.17, 15) is 8.78 Å². The largest absolute Gasteiger partial charge is 0.433 e. The summed E-state index contributed by atoms with van der Waals surface area (Å²) in [4.78, 5) is 4.28. The van der Waals surface area contributed by atoms with E-state index in [4.69, 9.17) is 0 Å². The predicted octanol–water partition coefficient (Wildman–Crippen LogP) is 3.67. The maximum absolute atomic E-state index is 12.2. The number of ether oxygens (including phenoxy) is 1. The molecule has 1 heterocycles. The monoisotopic (exact) mass is 270 g/mol. The van der Waals surface area contributed by atoms with Gasteiger partial charge >= 0.3 is 6.61 Å². The Bertz CT molecular complexity index is 516. The van der Waals surface area contributed by atoms with Crippen molar-refractivity contribution in [1.82, 2.24) is 4.98 Å². The molecule has 0 aliphatic heterocycles. The molecule has 96 valence electrons. The van der Waals surface area contributed by atoms with E-state index < -0.39 is 6.61 Å². The Labute approximate surface area is 107 Å². The van der Waals surface area contributed by atoms with Gasteiger partial charge in [-0.1, -0.05) is 12.1 Å². The summed E-state index contributed by atoms with van der Waals surface area (Å²) in [5, 5.41) is 5.94. The molecule has 0 aliphatic rings. The molecule has 1 N–H and O–H groups in total. The number of rotatable bonds is 5. The zero-order valence-corrected chi connectivity index (χ0v) is 10.5. The first kappa shape index (κ1) is 12.8. The van der Waals surface area contributed by atoms with Gasteiger partial charge in [-0.3, -0.25) is 0 Å². The van der Waals surface area contributed by atoms with E-state index in [2.05, 4.69) is 15.0 Å². The SMILES string of the molecule is Cc1nc(CNc2ccccc2OC(F)F)cs1. The lowest BCUT2D eigenvalue weighted by Crippen LogP contribution is -2.06. The molecule has 1 aromatic heterocycles. The third-order valence-electron chi connectivity index (χ3n) is 2.23. The molecule has 6 heteroatoms. The van der Waals surface area contributed by atoms with Crippen LogP contribution in [-0.4, -0.2) is 11.6 Å². The summed E-state index contributed by atoms with van der Waals surface area (Å²) in [5.41, 5.74) is 1.41. The Kier molecular flexibility index (Phi) is 4.09. The average Bonchev–Trinajstić information content (AvgIpc) is 2.73. The van der Waals surface area contributed by atoms with E-state index in [1.165, 1.54) is 6.07 Å². The van der Waals surface area contributed by atoms with Crippen LogP contribution < -0.4 is 10.1 Å². The zero-order chi connectivity index (χ0) is 13.0. The minimum atomic E-state index is -2.82. The highest BCUT2D eigenvalue weighted by Gasteiger charge is 2.09. The number of benzene rings is 1. The van der Waals surface area contributed by atoms with Gasteiger partial charge < -0.3 is 10.1 Å². The first-order chi connectivity index (χ1) is 8.65. The Hall–Kier alpha value is -1.69. The second-order valence-electron chi connectivity index (χ2n) is 3.59. The summed E-state index contributed by atoms with van der Waals surface area (Å²) in [7, 11) is 0. The number of alkyl halides is 2. The number of nitrogens with zero attached hydrogens (tertiary/aromatic N) is 1. The van der Waals surface area contributed by atoms with Gasteiger partial charge in [0.05, 0.1) is 22.9 Å². The molecule has 0 amide bonds. The number of hydrogen-bond acceptors (Lipinski definition) is 4. The quantitative estimate of drug-likeness (QED) is 0.900. The maximum Gasteiger partial charge on any atom is 0.387 e. The van der Waals surface area contributed by atoms with E-state index in [0.29, 0.717) is 12.2 Å². The summed E-state index contributed by atoms with van der Waals surface area (Å²) in [6, 6.07) is 6.60. The average molecular weight is 270 g/mol. The van der Waals surface area contributed by atoms with Crippen LogP contribution in [0.4, 0.5) is 14.5 Å². The van der Waals surface area contributed by atoms with Gasteiger partial charge in [0, 0.05) is 5.38 Å². The highest BCUT2D eigenvalue weighted by molar-refractivity contribution is 7.09. The number of hydrogen-bond donors (Lipinski definition) is 1. The van der Waals surface area contributed by atoms with Gasteiger partial charge in [-0.2, -0.15) is 8.78 Å². The number of aromatic nitrogens is 1. The molecule has 1 aromatic carbocycles. The van der Waals surface area contributed by atoms with Crippen molar-refractivity contribution in [2.24, 2.45) is 0 Å². The third-order valence-corrected chi connectivity index (χ3v) is 3.05. The Morgan fingerprint density at radius 1 is 1.39 bits per heavy atom. The Balaban J connectivity index is 2.04. The second kappa shape index (κ2) is 5.77. The lowest BCUT2D eigenvalue weighted by Gasteiger charge is -2.11. The first-order valence-corrected chi connectivity index (χ1v) is 6.22. The predicted molar refractivity (Wildman–Crippen MR) is 67.3 cm³/mol. The lowest BCUT2D eigenvalue weighted by molar-refractivity contribution is -0.0493. The van der Waals surface area contributed by atoms with Crippen LogP contribution in [0.1, 0.15) is 10.7 Å². The van der Waals surface area contributed by atoms with E-state index in [0.717, 1.165) is 10.7 Å². The summed E-state index contributed by atoms with van der Waals surface area (Å²) in [6.07, 6.45) is 0. The van der Waals surface area contributed by atoms with E-state index in [1.54, 1.807) is 29.5 Å². The topological polar surface area (TPSA) is 34.2 Å². The van der Waals surface area contributed by atoms with Crippen molar-refractivity contribution < 1.29 is 13.5 Å². The van der Waals surface area contributed by atoms with Crippen LogP contribution in [0.2, 0.25) is 0 Å². The molecule has 0 saturated carbocycles. The van der Waals surface area contributed by atoms with Crippen molar-refractivity contribution in [2.75, 3.05) is 5.32 Å². The molecule has 3 nitrogen and oxygen atoms in total. The number of anilines is 1. The molecule has 0 fully saturated rings. The zero-order valence-electron chi connectivity index (χ0n) is 9.69. The van der Waals surface area contributed by atoms with Gasteiger partial charge in [0.2, 0.25) is 0 Å². The number of halogens is 2. The molecule has 0 bridgehead atoms. The summed E-state index contributed by atoms with van der Waals surface area (Å²) >= 11 is 1.55. The van der Waals surface area contributed by atoms with Gasteiger partial charge in [0.25, 0.3) is 0 Å². The number of aryl methyl sites for hydroxylation is 1. The van der Waals surface area contributed by atoms with Gasteiger partial charge in [-0.15, -0.1) is 11.3 Å². The summed E-state index contributed by atoms with van der Waals surface area (Å²) < 4.78 is 28.8. The number of para-hydroxylation sites is 2. The van der Waals surface area contributed by atoms with Crippen molar-refractivity contribution in [2.45, 2.75) is 20.1 Å². The Morgan fingerprint density at radius 2 is 2.17 bits per heavy atom. The molecule has 0 atom stereocenters. The fourth-order valence-electron chi connectivity index (χ4n) is 1.49. The molecule has 2 aromatic rings. The molecule has 0 aliphatic carbocycles. The maximum atomic E-state index is 12.2. The number of nitrogens with one attached hydrogen (secondary N) is 1. The highest BCUT2D eigenvalue weighted by atomic mass is 32.1. The Morgan fingerprint density at radius 3 is 2.83 bits per heavy atom. The molecule has 0 spiro atoms. The minimum Gasteiger partial charge on any atom is -0.433 e. The molecular formula is C12H12F2N2OS. The third kappa shape index (κ3) is 3.40. The summed E-state index contributed by atoms with van der Waals surface area (Å²) in [6.45, 7) is -0.426. The second-order valence-corrected chi connectivity index (χ2v) is 4.65. The molecule has 0 unspecified atom stereocenters. The van der Waals surface area contributed by atoms with Crippen molar-refractivity contribution in [3.05, 3.63) is 40.3 Å². The van der Waals surface area contributed by atoms with Crippen LogP contribution in [0.25, 0.3) is 0 Å². The van der Waals surface area contributed by atoms with Crippen molar-refractivity contribution in [1.29, 1.82) is 0 Å². The molecule has 2 rings (SSSR count). The normalized spacial score (nSPS) is 10.7. The van der Waals surface area contributed by atoms with Crippen molar-refractivity contribution in [3.8, 4) is 5.75 Å². The molecule has 0 radical (unpaired) electrons. The lowest BCUT2D eigenvalue weighted by atomic mass is 10.3.